The number of nitroso groups, excluding NO2 is 1. The van der Waals surface area contributed by atoms with E-state index < -0.39 is 41.3 Å². The Labute approximate surface area is 294 Å². The number of ether oxygens (including phenoxy) is 4. The first-order valence-electron chi connectivity index (χ1n) is 16.8. The highest BCUT2D eigenvalue weighted by atomic mass is 32.1. The Kier molecular flexibility index (Phi) is 15.1. The number of hydrogen-bond acceptors (Lipinski definition) is 10. The molecule has 2 heterocycles. The van der Waals surface area contributed by atoms with E-state index in [1.54, 1.807) is 37.0 Å². The van der Waals surface area contributed by atoms with E-state index in [-0.39, 0.29) is 25.7 Å². The molecule has 3 amide bonds. The van der Waals surface area contributed by atoms with Gasteiger partial charge in [-0.15, -0.1) is 11.3 Å². The zero-order chi connectivity index (χ0) is 36.2. The van der Waals surface area contributed by atoms with Gasteiger partial charge in [0.1, 0.15) is 18.2 Å². The standard InChI is InChI=1S/C35H53N5O8S/c1-24-30(49-23-37-24)27-13-11-26(12-14-27)25(2)40(44)29-10-9-16-39(29)32(42)31(34(3,4)5)38-28(41)22-47-21-20-46-19-18-45-17-15-36-33(43)48-35(6,7)8/h11-14,23,25,29,31H,9-10,15-22H2,1-8H3,(H-,36,38,41,43)/p+1. The molecule has 1 fully saturated rings. The van der Waals surface area contributed by atoms with Crippen LogP contribution in [0.15, 0.2) is 29.8 Å². The SMILES string of the molecule is Cc1ncsc1-c1ccc(C(C)[N+](=O)C2CCCN2C(=O)C(NC(=O)COCCOCCOCCNC(=O)OC(C)(C)C)C(C)(C)C)cc1. The Morgan fingerprint density at radius 2 is 1.63 bits per heavy atom. The number of rotatable bonds is 17. The molecule has 0 spiro atoms. The minimum absolute atomic E-state index is 0.184. The number of carbonyl (C=O) groups excluding carboxylic acids is 3. The van der Waals surface area contributed by atoms with Gasteiger partial charge in [-0.2, -0.15) is 0 Å². The minimum Gasteiger partial charge on any atom is -0.444 e. The summed E-state index contributed by atoms with van der Waals surface area (Å²) in [6, 6.07) is 6.61. The number of aromatic nitrogens is 1. The number of alkyl carbamates (subject to hydrolysis) is 1. The molecular formula is C35H54N5O8S+. The molecular weight excluding hydrogens is 650 g/mol. The normalized spacial score (nSPS) is 16.2. The predicted molar refractivity (Wildman–Crippen MR) is 187 cm³/mol. The van der Waals surface area contributed by atoms with Crippen molar-refractivity contribution < 1.29 is 38.1 Å². The van der Waals surface area contributed by atoms with Crippen LogP contribution in [0, 0.1) is 17.2 Å². The summed E-state index contributed by atoms with van der Waals surface area (Å²) in [4.78, 5) is 59.0. The van der Waals surface area contributed by atoms with Gasteiger partial charge in [0.15, 0.2) is 0 Å². The van der Waals surface area contributed by atoms with Crippen molar-refractivity contribution in [2.45, 2.75) is 92.1 Å². The van der Waals surface area contributed by atoms with Crippen LogP contribution in [0.2, 0.25) is 0 Å². The summed E-state index contributed by atoms with van der Waals surface area (Å²) in [5.74, 6) is -0.703. The van der Waals surface area contributed by atoms with Crippen LogP contribution >= 0.6 is 11.3 Å². The summed E-state index contributed by atoms with van der Waals surface area (Å²) < 4.78 is 22.5. The summed E-state index contributed by atoms with van der Waals surface area (Å²) >= 11 is 1.58. The molecule has 0 bridgehead atoms. The molecule has 1 saturated heterocycles. The van der Waals surface area contributed by atoms with Crippen molar-refractivity contribution >= 4 is 29.2 Å². The lowest BCUT2D eigenvalue weighted by molar-refractivity contribution is -0.638. The van der Waals surface area contributed by atoms with Gasteiger partial charge in [-0.3, -0.25) is 14.5 Å². The molecule has 3 rings (SSSR count). The third kappa shape index (κ3) is 12.7. The van der Waals surface area contributed by atoms with E-state index in [1.807, 2.05) is 64.4 Å². The van der Waals surface area contributed by atoms with Crippen LogP contribution in [-0.2, 0) is 28.5 Å². The second kappa shape index (κ2) is 18.5. The van der Waals surface area contributed by atoms with E-state index in [4.69, 9.17) is 18.9 Å². The number of amides is 3. The molecule has 1 aliphatic heterocycles. The monoisotopic (exact) mass is 704 g/mol. The first kappa shape index (κ1) is 40.0. The van der Waals surface area contributed by atoms with Gasteiger partial charge in [-0.05, 0) is 45.1 Å². The van der Waals surface area contributed by atoms with Gasteiger partial charge in [0, 0.05) is 41.7 Å². The smallest absolute Gasteiger partial charge is 0.407 e. The first-order chi connectivity index (χ1) is 23.1. The maximum absolute atomic E-state index is 13.9. The van der Waals surface area contributed by atoms with E-state index in [1.165, 1.54) is 0 Å². The topological polar surface area (TPSA) is 148 Å². The third-order valence-corrected chi connectivity index (χ3v) is 8.87. The Balaban J connectivity index is 1.41. The van der Waals surface area contributed by atoms with E-state index >= 15 is 0 Å². The van der Waals surface area contributed by atoms with Gasteiger partial charge in [0.2, 0.25) is 11.9 Å². The number of hydrogen-bond donors (Lipinski definition) is 2. The van der Waals surface area contributed by atoms with Crippen LogP contribution < -0.4 is 10.6 Å². The van der Waals surface area contributed by atoms with Crippen molar-refractivity contribution in [3.63, 3.8) is 0 Å². The summed E-state index contributed by atoms with van der Waals surface area (Å²) in [6.45, 7) is 16.8. The van der Waals surface area contributed by atoms with Crippen molar-refractivity contribution in [2.75, 3.05) is 52.7 Å². The van der Waals surface area contributed by atoms with Crippen molar-refractivity contribution in [1.29, 1.82) is 0 Å². The molecule has 0 saturated carbocycles. The number of carbonyl (C=O) groups is 3. The number of thiazole rings is 1. The molecule has 1 aromatic carbocycles. The quantitative estimate of drug-likeness (QED) is 0.171. The van der Waals surface area contributed by atoms with E-state index in [0.717, 1.165) is 26.5 Å². The Bertz CT molecular complexity index is 1390. The summed E-state index contributed by atoms with van der Waals surface area (Å²) in [5, 5.41) is 5.46. The van der Waals surface area contributed by atoms with E-state index in [2.05, 4.69) is 15.6 Å². The molecule has 2 N–H and O–H groups in total. The average Bonchev–Trinajstić information content (AvgIpc) is 3.69. The van der Waals surface area contributed by atoms with Crippen molar-refractivity contribution in [2.24, 2.45) is 5.41 Å². The highest BCUT2D eigenvalue weighted by Crippen LogP contribution is 2.31. The highest BCUT2D eigenvalue weighted by molar-refractivity contribution is 7.13. The van der Waals surface area contributed by atoms with Gasteiger partial charge in [-0.1, -0.05) is 45.0 Å². The molecule has 2 aromatic rings. The average molecular weight is 705 g/mol. The van der Waals surface area contributed by atoms with E-state index in [9.17, 15) is 19.3 Å². The van der Waals surface area contributed by atoms with Gasteiger partial charge in [-0.25, -0.2) is 9.78 Å². The molecule has 0 radical (unpaired) electrons. The zero-order valence-electron chi connectivity index (χ0n) is 30.2. The zero-order valence-corrected chi connectivity index (χ0v) is 31.0. The Morgan fingerprint density at radius 3 is 2.22 bits per heavy atom. The van der Waals surface area contributed by atoms with Crippen LogP contribution in [0.1, 0.15) is 78.6 Å². The van der Waals surface area contributed by atoms with Crippen molar-refractivity contribution in [3.05, 3.63) is 45.9 Å². The van der Waals surface area contributed by atoms with Gasteiger partial charge in [0.25, 0.3) is 12.1 Å². The molecule has 1 aliphatic rings. The fraction of sp³-hybridized carbons (Fsp3) is 0.657. The van der Waals surface area contributed by atoms with E-state index in [0.29, 0.717) is 45.8 Å². The molecule has 3 atom stereocenters. The third-order valence-electron chi connectivity index (χ3n) is 7.89. The molecule has 49 heavy (non-hydrogen) atoms. The van der Waals surface area contributed by atoms with Crippen LogP contribution in [0.25, 0.3) is 10.4 Å². The summed E-state index contributed by atoms with van der Waals surface area (Å²) in [5.41, 5.74) is 3.55. The van der Waals surface area contributed by atoms with Crippen LogP contribution in [0.4, 0.5) is 4.79 Å². The van der Waals surface area contributed by atoms with Gasteiger partial charge in [0.05, 0.1) is 49.1 Å². The van der Waals surface area contributed by atoms with Gasteiger partial charge < -0.3 is 29.6 Å². The lowest BCUT2D eigenvalue weighted by Gasteiger charge is -2.34. The maximum Gasteiger partial charge on any atom is 0.407 e. The predicted octanol–water partition coefficient (Wildman–Crippen LogP) is 5.01. The molecule has 272 valence electrons. The molecule has 1 aromatic heterocycles. The number of likely N-dealkylation sites (tertiary alicyclic amines) is 1. The lowest BCUT2D eigenvalue weighted by Crippen LogP contribution is -2.57. The van der Waals surface area contributed by atoms with Gasteiger partial charge >= 0.3 is 6.09 Å². The number of nitrogens with zero attached hydrogens (tertiary/aromatic N) is 3. The molecule has 14 heteroatoms. The fourth-order valence-electron chi connectivity index (χ4n) is 5.33. The molecule has 13 nitrogen and oxygen atoms in total. The number of aryl methyl sites for hydroxylation is 1. The van der Waals surface area contributed by atoms with Crippen molar-refractivity contribution in [3.8, 4) is 10.4 Å². The fourth-order valence-corrected chi connectivity index (χ4v) is 6.14. The van der Waals surface area contributed by atoms with Crippen molar-refractivity contribution in [1.82, 2.24) is 20.5 Å². The highest BCUT2D eigenvalue weighted by Gasteiger charge is 2.46. The Morgan fingerprint density at radius 1 is 1.00 bits per heavy atom. The van der Waals surface area contributed by atoms with Crippen LogP contribution in [0.5, 0.6) is 0 Å². The largest absolute Gasteiger partial charge is 0.444 e. The number of nitrogens with one attached hydrogen (secondary N) is 2. The summed E-state index contributed by atoms with van der Waals surface area (Å²) in [7, 11) is 0. The van der Waals surface area contributed by atoms with Crippen LogP contribution in [-0.4, -0.2) is 103 Å². The minimum atomic E-state index is -0.840. The second-order valence-electron chi connectivity index (χ2n) is 14.2. The molecule has 3 unspecified atom stereocenters. The Hall–Kier alpha value is -3.46. The molecule has 0 aliphatic carbocycles. The van der Waals surface area contributed by atoms with Crippen LogP contribution in [0.3, 0.4) is 0 Å². The second-order valence-corrected chi connectivity index (χ2v) is 15.0. The summed E-state index contributed by atoms with van der Waals surface area (Å²) in [6.07, 6.45) is 0.130. The first-order valence-corrected chi connectivity index (χ1v) is 17.7. The lowest BCUT2D eigenvalue weighted by atomic mass is 9.85. The maximum atomic E-state index is 13.9. The number of benzene rings is 1.